The molecular formula is C13H18N2O. The van der Waals surface area contributed by atoms with Crippen LogP contribution >= 0.6 is 0 Å². The molecule has 0 unspecified atom stereocenters. The zero-order valence-electron chi connectivity index (χ0n) is 9.72. The van der Waals surface area contributed by atoms with Crippen LogP contribution in [0.1, 0.15) is 42.6 Å². The van der Waals surface area contributed by atoms with Gasteiger partial charge in [0.25, 0.3) is 5.91 Å². The van der Waals surface area contributed by atoms with Crippen LogP contribution in [0.2, 0.25) is 0 Å². The van der Waals surface area contributed by atoms with E-state index in [0.29, 0.717) is 11.7 Å². The van der Waals surface area contributed by atoms with Gasteiger partial charge in [-0.3, -0.25) is 9.78 Å². The summed E-state index contributed by atoms with van der Waals surface area (Å²) in [5.74, 6) is 0.0486. The third kappa shape index (κ3) is 2.40. The molecule has 0 aromatic carbocycles. The van der Waals surface area contributed by atoms with Crippen LogP contribution < -0.4 is 0 Å². The van der Waals surface area contributed by atoms with Gasteiger partial charge in [0, 0.05) is 19.3 Å². The fraction of sp³-hybridized carbons (Fsp3) is 0.538. The highest BCUT2D eigenvalue weighted by Gasteiger charge is 2.23. The van der Waals surface area contributed by atoms with E-state index in [-0.39, 0.29) is 5.91 Å². The second kappa shape index (κ2) is 5.10. The van der Waals surface area contributed by atoms with Crippen LogP contribution in [-0.4, -0.2) is 28.9 Å². The van der Waals surface area contributed by atoms with E-state index < -0.39 is 0 Å². The van der Waals surface area contributed by atoms with Crippen LogP contribution in [0, 0.1) is 0 Å². The molecule has 0 radical (unpaired) electrons. The van der Waals surface area contributed by atoms with Gasteiger partial charge in [0.15, 0.2) is 0 Å². The van der Waals surface area contributed by atoms with Gasteiger partial charge in [-0.2, -0.15) is 0 Å². The highest BCUT2D eigenvalue weighted by atomic mass is 16.2. The first kappa shape index (κ1) is 11.1. The van der Waals surface area contributed by atoms with Crippen LogP contribution in [0.15, 0.2) is 24.4 Å². The first-order valence-corrected chi connectivity index (χ1v) is 5.97. The topological polar surface area (TPSA) is 33.2 Å². The average Bonchev–Trinajstić information content (AvgIpc) is 2.39. The van der Waals surface area contributed by atoms with Crippen molar-refractivity contribution < 1.29 is 4.79 Å². The molecule has 0 saturated heterocycles. The molecule has 1 saturated carbocycles. The number of hydrogen-bond donors (Lipinski definition) is 0. The predicted octanol–water partition coefficient (Wildman–Crippen LogP) is 2.49. The summed E-state index contributed by atoms with van der Waals surface area (Å²) in [5, 5.41) is 0. The van der Waals surface area contributed by atoms with Gasteiger partial charge in [-0.1, -0.05) is 25.3 Å². The molecule has 0 atom stereocenters. The Hall–Kier alpha value is -1.38. The van der Waals surface area contributed by atoms with Crippen molar-refractivity contribution in [1.29, 1.82) is 0 Å². The molecule has 1 aromatic rings. The minimum absolute atomic E-state index is 0.0486. The number of carbonyl (C=O) groups is 1. The number of carbonyl (C=O) groups excluding carboxylic acids is 1. The number of hydrogen-bond acceptors (Lipinski definition) is 2. The summed E-state index contributed by atoms with van der Waals surface area (Å²) in [6.45, 7) is 0. The smallest absolute Gasteiger partial charge is 0.272 e. The molecule has 0 aliphatic heterocycles. The normalized spacial score (nSPS) is 17.1. The van der Waals surface area contributed by atoms with E-state index in [1.807, 2.05) is 24.1 Å². The van der Waals surface area contributed by atoms with E-state index in [1.165, 1.54) is 19.3 Å². The molecule has 3 heteroatoms. The zero-order chi connectivity index (χ0) is 11.4. The van der Waals surface area contributed by atoms with Gasteiger partial charge in [0.2, 0.25) is 0 Å². The van der Waals surface area contributed by atoms with Crippen molar-refractivity contribution in [3.8, 4) is 0 Å². The molecule has 1 amide bonds. The van der Waals surface area contributed by atoms with E-state index >= 15 is 0 Å². The summed E-state index contributed by atoms with van der Waals surface area (Å²) in [6.07, 6.45) is 7.73. The Labute approximate surface area is 96.5 Å². The van der Waals surface area contributed by atoms with Gasteiger partial charge in [-0.05, 0) is 25.0 Å². The van der Waals surface area contributed by atoms with Crippen molar-refractivity contribution in [3.63, 3.8) is 0 Å². The lowest BCUT2D eigenvalue weighted by atomic mass is 9.94. The Morgan fingerprint density at radius 1 is 1.31 bits per heavy atom. The van der Waals surface area contributed by atoms with Crippen molar-refractivity contribution in [2.45, 2.75) is 38.1 Å². The Morgan fingerprint density at radius 2 is 2.06 bits per heavy atom. The van der Waals surface area contributed by atoms with E-state index in [9.17, 15) is 4.79 Å². The molecule has 0 spiro atoms. The molecular weight excluding hydrogens is 200 g/mol. The maximum Gasteiger partial charge on any atom is 0.272 e. The van der Waals surface area contributed by atoms with Crippen molar-refractivity contribution in [2.75, 3.05) is 7.05 Å². The summed E-state index contributed by atoms with van der Waals surface area (Å²) >= 11 is 0. The highest BCUT2D eigenvalue weighted by molar-refractivity contribution is 5.92. The van der Waals surface area contributed by atoms with Gasteiger partial charge >= 0.3 is 0 Å². The standard InChI is InChI=1S/C13H18N2O/c1-15(11-7-3-2-4-8-11)13(16)12-9-5-6-10-14-12/h5-6,9-11H,2-4,7-8H2,1H3. The van der Waals surface area contributed by atoms with Crippen LogP contribution in [0.5, 0.6) is 0 Å². The summed E-state index contributed by atoms with van der Waals surface area (Å²) in [6, 6.07) is 5.87. The number of aromatic nitrogens is 1. The second-order valence-corrected chi connectivity index (χ2v) is 4.42. The zero-order valence-corrected chi connectivity index (χ0v) is 9.72. The van der Waals surface area contributed by atoms with Gasteiger partial charge < -0.3 is 4.90 Å². The lowest BCUT2D eigenvalue weighted by molar-refractivity contribution is 0.0690. The lowest BCUT2D eigenvalue weighted by Gasteiger charge is -2.30. The van der Waals surface area contributed by atoms with E-state index in [0.717, 1.165) is 12.8 Å². The molecule has 1 fully saturated rings. The van der Waals surface area contributed by atoms with Gasteiger partial charge in [-0.15, -0.1) is 0 Å². The monoisotopic (exact) mass is 218 g/mol. The molecule has 86 valence electrons. The molecule has 0 bridgehead atoms. The Morgan fingerprint density at radius 3 is 2.69 bits per heavy atom. The van der Waals surface area contributed by atoms with Gasteiger partial charge in [0.05, 0.1) is 0 Å². The van der Waals surface area contributed by atoms with Crippen molar-refractivity contribution in [2.24, 2.45) is 0 Å². The number of rotatable bonds is 2. The SMILES string of the molecule is CN(C(=O)c1ccccn1)C1CCCCC1. The summed E-state index contributed by atoms with van der Waals surface area (Å²) in [7, 11) is 1.90. The van der Waals surface area contributed by atoms with Crippen LogP contribution in [0.4, 0.5) is 0 Å². The fourth-order valence-electron chi connectivity index (χ4n) is 2.30. The first-order valence-electron chi connectivity index (χ1n) is 5.97. The third-order valence-electron chi connectivity index (χ3n) is 3.33. The molecule has 16 heavy (non-hydrogen) atoms. The molecule has 1 aliphatic carbocycles. The molecule has 1 aromatic heterocycles. The van der Waals surface area contributed by atoms with Gasteiger partial charge in [0.1, 0.15) is 5.69 Å². The van der Waals surface area contributed by atoms with E-state index in [2.05, 4.69) is 4.98 Å². The van der Waals surface area contributed by atoms with Crippen LogP contribution in [-0.2, 0) is 0 Å². The number of pyridine rings is 1. The third-order valence-corrected chi connectivity index (χ3v) is 3.33. The lowest BCUT2D eigenvalue weighted by Crippen LogP contribution is -2.38. The number of amides is 1. The largest absolute Gasteiger partial charge is 0.337 e. The minimum atomic E-state index is 0.0486. The van der Waals surface area contributed by atoms with E-state index in [1.54, 1.807) is 12.3 Å². The molecule has 0 N–H and O–H groups in total. The van der Waals surface area contributed by atoms with Crippen molar-refractivity contribution in [3.05, 3.63) is 30.1 Å². The highest BCUT2D eigenvalue weighted by Crippen LogP contribution is 2.22. The summed E-state index contributed by atoms with van der Waals surface area (Å²) in [4.78, 5) is 18.1. The Kier molecular flexibility index (Phi) is 3.54. The molecule has 1 aliphatic rings. The Bertz CT molecular complexity index is 344. The number of nitrogens with zero attached hydrogens (tertiary/aromatic N) is 2. The molecule has 1 heterocycles. The van der Waals surface area contributed by atoms with Crippen LogP contribution in [0.3, 0.4) is 0 Å². The minimum Gasteiger partial charge on any atom is -0.337 e. The van der Waals surface area contributed by atoms with Crippen LogP contribution in [0.25, 0.3) is 0 Å². The van der Waals surface area contributed by atoms with E-state index in [4.69, 9.17) is 0 Å². The predicted molar refractivity (Wildman–Crippen MR) is 63.2 cm³/mol. The average molecular weight is 218 g/mol. The fourth-order valence-corrected chi connectivity index (χ4v) is 2.30. The second-order valence-electron chi connectivity index (χ2n) is 4.42. The Balaban J connectivity index is 2.04. The van der Waals surface area contributed by atoms with Gasteiger partial charge in [-0.25, -0.2) is 0 Å². The summed E-state index contributed by atoms with van der Waals surface area (Å²) in [5.41, 5.74) is 0.551. The van der Waals surface area contributed by atoms with Crippen molar-refractivity contribution >= 4 is 5.91 Å². The molecule has 2 rings (SSSR count). The maximum absolute atomic E-state index is 12.1. The molecule has 3 nitrogen and oxygen atoms in total. The quantitative estimate of drug-likeness (QED) is 0.764. The summed E-state index contributed by atoms with van der Waals surface area (Å²) < 4.78 is 0. The maximum atomic E-state index is 12.1. The first-order chi connectivity index (χ1) is 7.79. The van der Waals surface area contributed by atoms with Crippen molar-refractivity contribution in [1.82, 2.24) is 9.88 Å².